The average Bonchev–Trinajstić information content (AvgIpc) is 3.08. The number of fused-ring (bicyclic) bond motifs is 1. The monoisotopic (exact) mass is 357 g/mol. The van der Waals surface area contributed by atoms with Gasteiger partial charge in [-0.25, -0.2) is 0 Å². The number of carbonyl (C=O) groups excluding carboxylic acids is 1. The first-order valence-corrected chi connectivity index (χ1v) is 7.54. The zero-order valence-electron chi connectivity index (χ0n) is 12.2. The Balaban J connectivity index is 1.80. The maximum Gasteiger partial charge on any atom is 0.453 e. The number of anilines is 1. The molecule has 0 radical (unpaired) electrons. The second-order valence-corrected chi connectivity index (χ2v) is 5.49. The molecular weight excluding hydrogens is 347 g/mol. The van der Waals surface area contributed by atoms with Crippen LogP contribution in [0, 0.1) is 0 Å². The van der Waals surface area contributed by atoms with Crippen molar-refractivity contribution in [3.63, 3.8) is 0 Å². The quantitative estimate of drug-likeness (QED) is 0.776. The number of rotatable bonds is 4. The molecule has 0 saturated carbocycles. The van der Waals surface area contributed by atoms with Crippen LogP contribution in [0.25, 0.3) is 4.96 Å². The fourth-order valence-corrected chi connectivity index (χ4v) is 2.61. The molecule has 0 bridgehead atoms. The molecule has 0 spiro atoms. The summed E-state index contributed by atoms with van der Waals surface area (Å²) >= 11 is 0.714. The summed E-state index contributed by atoms with van der Waals surface area (Å²) in [5.74, 6) is -1.26. The van der Waals surface area contributed by atoms with E-state index in [2.05, 4.69) is 20.6 Å². The van der Waals surface area contributed by atoms with Gasteiger partial charge in [-0.2, -0.15) is 17.7 Å². The van der Waals surface area contributed by atoms with Gasteiger partial charge in [0, 0.05) is 5.69 Å². The summed E-state index contributed by atoms with van der Waals surface area (Å²) in [6.07, 6.45) is -4.70. The van der Waals surface area contributed by atoms with Crippen LogP contribution in [0.3, 0.4) is 0 Å². The highest BCUT2D eigenvalue weighted by Crippen LogP contribution is 2.29. The van der Waals surface area contributed by atoms with Crippen LogP contribution in [-0.4, -0.2) is 32.3 Å². The van der Waals surface area contributed by atoms with E-state index >= 15 is 0 Å². The van der Waals surface area contributed by atoms with E-state index < -0.39 is 17.9 Å². The first kappa shape index (κ1) is 16.2. The highest BCUT2D eigenvalue weighted by Gasteiger charge is 2.38. The molecule has 1 amide bonds. The highest BCUT2D eigenvalue weighted by atomic mass is 32.1. The highest BCUT2D eigenvalue weighted by molar-refractivity contribution is 7.18. The third kappa shape index (κ3) is 3.15. The van der Waals surface area contributed by atoms with Crippen LogP contribution in [0.15, 0.2) is 24.3 Å². The minimum Gasteiger partial charge on any atom is -0.494 e. The van der Waals surface area contributed by atoms with Gasteiger partial charge in [0.15, 0.2) is 0 Å². The first-order valence-electron chi connectivity index (χ1n) is 6.72. The zero-order chi connectivity index (χ0) is 17.3. The van der Waals surface area contributed by atoms with Crippen molar-refractivity contribution in [1.82, 2.24) is 19.8 Å². The normalized spacial score (nSPS) is 11.7. The van der Waals surface area contributed by atoms with Crippen molar-refractivity contribution >= 4 is 27.9 Å². The van der Waals surface area contributed by atoms with E-state index in [-0.39, 0.29) is 9.97 Å². The molecule has 3 aromatic rings. The topological polar surface area (TPSA) is 81.4 Å². The van der Waals surface area contributed by atoms with Crippen LogP contribution in [0.2, 0.25) is 0 Å². The second kappa shape index (κ2) is 6.07. The van der Waals surface area contributed by atoms with Crippen LogP contribution < -0.4 is 10.1 Å². The van der Waals surface area contributed by atoms with Crippen LogP contribution in [0.5, 0.6) is 5.75 Å². The lowest BCUT2D eigenvalue weighted by Gasteiger charge is -2.05. The average molecular weight is 357 g/mol. The molecular formula is C13H10F3N5O2S. The number of hydrogen-bond donors (Lipinski definition) is 1. The van der Waals surface area contributed by atoms with Gasteiger partial charge in [-0.15, -0.1) is 15.3 Å². The van der Waals surface area contributed by atoms with Crippen molar-refractivity contribution < 1.29 is 22.7 Å². The van der Waals surface area contributed by atoms with Crippen molar-refractivity contribution in [3.8, 4) is 5.75 Å². The molecule has 0 aliphatic heterocycles. The molecule has 3 rings (SSSR count). The lowest BCUT2D eigenvalue weighted by Crippen LogP contribution is -2.14. The number of carbonyl (C=O) groups is 1. The third-order valence-electron chi connectivity index (χ3n) is 2.86. The molecule has 24 heavy (non-hydrogen) atoms. The standard InChI is InChI=1S/C13H10F3N5O2S/c1-2-23-8-5-3-7(4-6-8)17-9(22)10-20-21-11(13(14,15)16)18-19-12(21)24-10/h3-6H,2H2,1H3,(H,17,22). The SMILES string of the molecule is CCOc1ccc(NC(=O)c2nn3c(C(F)(F)F)nnc3s2)cc1. The van der Waals surface area contributed by atoms with Gasteiger partial charge < -0.3 is 10.1 Å². The zero-order valence-corrected chi connectivity index (χ0v) is 13.0. The minimum atomic E-state index is -4.70. The van der Waals surface area contributed by atoms with Crippen LogP contribution in [0.1, 0.15) is 22.6 Å². The lowest BCUT2D eigenvalue weighted by atomic mass is 10.3. The Bertz CT molecular complexity index is 872. The van der Waals surface area contributed by atoms with Crippen molar-refractivity contribution in [2.75, 3.05) is 11.9 Å². The Hall–Kier alpha value is -2.69. The van der Waals surface area contributed by atoms with Crippen molar-refractivity contribution in [3.05, 3.63) is 35.1 Å². The Morgan fingerprint density at radius 2 is 2.00 bits per heavy atom. The summed E-state index contributed by atoms with van der Waals surface area (Å²) in [6.45, 7) is 2.36. The molecule has 11 heteroatoms. The maximum absolute atomic E-state index is 12.7. The minimum absolute atomic E-state index is 0.112. The third-order valence-corrected chi connectivity index (χ3v) is 3.76. The number of nitrogens with zero attached hydrogens (tertiary/aromatic N) is 4. The van der Waals surface area contributed by atoms with Crippen molar-refractivity contribution in [1.29, 1.82) is 0 Å². The van der Waals surface area contributed by atoms with Crippen LogP contribution in [-0.2, 0) is 6.18 Å². The predicted molar refractivity (Wildman–Crippen MR) is 79.2 cm³/mol. The maximum atomic E-state index is 12.7. The number of nitrogens with one attached hydrogen (secondary N) is 1. The molecule has 2 heterocycles. The lowest BCUT2D eigenvalue weighted by molar-refractivity contribution is -0.146. The summed E-state index contributed by atoms with van der Waals surface area (Å²) in [4.78, 5) is 12.0. The number of ether oxygens (including phenoxy) is 1. The predicted octanol–water partition coefficient (Wildman–Crippen LogP) is 2.86. The fourth-order valence-electron chi connectivity index (χ4n) is 1.87. The Morgan fingerprint density at radius 1 is 1.29 bits per heavy atom. The van der Waals surface area contributed by atoms with E-state index in [0.717, 1.165) is 0 Å². The number of halogens is 3. The summed E-state index contributed by atoms with van der Waals surface area (Å²) < 4.78 is 44.0. The van der Waals surface area contributed by atoms with Gasteiger partial charge in [0.1, 0.15) is 5.75 Å². The van der Waals surface area contributed by atoms with Gasteiger partial charge >= 0.3 is 6.18 Å². The van der Waals surface area contributed by atoms with E-state index in [0.29, 0.717) is 33.9 Å². The molecule has 0 fully saturated rings. The van der Waals surface area contributed by atoms with Gasteiger partial charge in [-0.3, -0.25) is 4.79 Å². The summed E-state index contributed by atoms with van der Waals surface area (Å²) in [5, 5.41) is 12.4. The van der Waals surface area contributed by atoms with Gasteiger partial charge in [0.05, 0.1) is 6.61 Å². The summed E-state index contributed by atoms with van der Waals surface area (Å²) in [7, 11) is 0. The molecule has 1 N–H and O–H groups in total. The van der Waals surface area contributed by atoms with Crippen molar-refractivity contribution in [2.24, 2.45) is 0 Å². The molecule has 1 aromatic carbocycles. The number of alkyl halides is 3. The smallest absolute Gasteiger partial charge is 0.453 e. The summed E-state index contributed by atoms with van der Waals surface area (Å²) in [5.41, 5.74) is 0.463. The molecule has 126 valence electrons. The number of benzene rings is 1. The number of amides is 1. The molecule has 0 aliphatic rings. The van der Waals surface area contributed by atoms with E-state index in [1.54, 1.807) is 24.3 Å². The molecule has 7 nitrogen and oxygen atoms in total. The van der Waals surface area contributed by atoms with E-state index in [4.69, 9.17) is 4.74 Å². The number of hydrogen-bond acceptors (Lipinski definition) is 6. The molecule has 0 aliphatic carbocycles. The molecule has 0 unspecified atom stereocenters. The van der Waals surface area contributed by atoms with Gasteiger partial charge in [0.2, 0.25) is 9.97 Å². The van der Waals surface area contributed by atoms with Crippen LogP contribution >= 0.6 is 11.3 Å². The first-order chi connectivity index (χ1) is 11.4. The molecule has 2 aromatic heterocycles. The second-order valence-electron chi connectivity index (χ2n) is 4.53. The Morgan fingerprint density at radius 3 is 2.62 bits per heavy atom. The molecule has 0 saturated heterocycles. The summed E-state index contributed by atoms with van der Waals surface area (Å²) in [6, 6.07) is 6.56. The Labute approximate surface area is 137 Å². The van der Waals surface area contributed by atoms with Gasteiger partial charge in [-0.05, 0) is 31.2 Å². The fraction of sp³-hybridized carbons (Fsp3) is 0.231. The Kier molecular flexibility index (Phi) is 4.09. The van der Waals surface area contributed by atoms with Crippen molar-refractivity contribution in [2.45, 2.75) is 13.1 Å². The largest absolute Gasteiger partial charge is 0.494 e. The van der Waals surface area contributed by atoms with E-state index in [9.17, 15) is 18.0 Å². The van der Waals surface area contributed by atoms with Gasteiger partial charge in [0.25, 0.3) is 11.7 Å². The number of aromatic nitrogens is 4. The van der Waals surface area contributed by atoms with E-state index in [1.807, 2.05) is 6.92 Å². The van der Waals surface area contributed by atoms with E-state index in [1.165, 1.54) is 0 Å². The van der Waals surface area contributed by atoms with Crippen LogP contribution in [0.4, 0.5) is 18.9 Å². The molecule has 0 atom stereocenters. The van der Waals surface area contributed by atoms with Gasteiger partial charge in [-0.1, -0.05) is 11.3 Å².